The minimum Gasteiger partial charge on any atom is -0.339 e. The van der Waals surface area contributed by atoms with Crippen molar-refractivity contribution in [1.82, 2.24) is 4.90 Å². The lowest BCUT2D eigenvalue weighted by molar-refractivity contribution is 0.0470. The standard InChI is InChI=1S/C20H19ClNO4P/c21-16-11-7-10-15-17(16)19(24)22(18(15)23)20(12-5-2-6-13-20)27(25,26)14-8-3-1-4-9-14/h1,3-4,7-11H,2,5-6,12-13H2,(H,25,26). The average molecular weight is 404 g/mol. The zero-order valence-electron chi connectivity index (χ0n) is 14.6. The molecule has 0 spiro atoms. The van der Waals surface area contributed by atoms with Gasteiger partial charge >= 0.3 is 0 Å². The first kappa shape index (κ1) is 18.4. The molecule has 0 bridgehead atoms. The fourth-order valence-electron chi connectivity index (χ4n) is 4.27. The molecule has 2 aromatic rings. The van der Waals surface area contributed by atoms with Crippen LogP contribution in [0.15, 0.2) is 48.5 Å². The van der Waals surface area contributed by atoms with Gasteiger partial charge in [0.1, 0.15) is 5.28 Å². The molecule has 4 rings (SSSR count). The maximum atomic E-state index is 13.8. The molecule has 5 nitrogen and oxygen atoms in total. The number of nitrogens with zero attached hydrogens (tertiary/aromatic N) is 1. The van der Waals surface area contributed by atoms with Gasteiger partial charge in [0.2, 0.25) is 0 Å². The number of rotatable bonds is 3. The summed E-state index contributed by atoms with van der Waals surface area (Å²) in [7, 11) is -4.08. The predicted molar refractivity (Wildman–Crippen MR) is 104 cm³/mol. The van der Waals surface area contributed by atoms with Gasteiger partial charge in [0.15, 0.2) is 0 Å². The molecule has 0 aromatic heterocycles. The fraction of sp³-hybridized carbons (Fsp3) is 0.300. The molecular formula is C20H19ClNO4P. The number of fused-ring (bicyclic) bond motifs is 1. The molecular weight excluding hydrogens is 385 g/mol. The van der Waals surface area contributed by atoms with Crippen molar-refractivity contribution in [2.45, 2.75) is 37.4 Å². The molecule has 1 aliphatic heterocycles. The summed E-state index contributed by atoms with van der Waals surface area (Å²) in [5.74, 6) is -1.11. The third kappa shape index (κ3) is 2.60. The molecule has 2 aromatic carbocycles. The smallest absolute Gasteiger partial charge is 0.264 e. The lowest BCUT2D eigenvalue weighted by Gasteiger charge is -2.45. The van der Waals surface area contributed by atoms with E-state index in [2.05, 4.69) is 0 Å². The second kappa shape index (κ2) is 6.59. The van der Waals surface area contributed by atoms with Crippen molar-refractivity contribution in [2.24, 2.45) is 0 Å². The van der Waals surface area contributed by atoms with Crippen molar-refractivity contribution in [3.8, 4) is 0 Å². The van der Waals surface area contributed by atoms with E-state index in [0.29, 0.717) is 25.7 Å². The van der Waals surface area contributed by atoms with Crippen molar-refractivity contribution in [3.05, 3.63) is 64.7 Å². The number of hydrogen-bond acceptors (Lipinski definition) is 3. The monoisotopic (exact) mass is 403 g/mol. The van der Waals surface area contributed by atoms with Gasteiger partial charge in [-0.3, -0.25) is 19.1 Å². The Balaban J connectivity index is 1.90. The molecule has 1 unspecified atom stereocenters. The van der Waals surface area contributed by atoms with E-state index in [1.165, 1.54) is 0 Å². The second-order valence-corrected chi connectivity index (χ2v) is 9.97. The van der Waals surface area contributed by atoms with Crippen molar-refractivity contribution < 1.29 is 19.0 Å². The fourth-order valence-corrected chi connectivity index (χ4v) is 6.96. The summed E-state index contributed by atoms with van der Waals surface area (Å²) in [6, 6.07) is 13.0. The zero-order valence-corrected chi connectivity index (χ0v) is 16.2. The molecule has 2 amide bonds. The molecule has 2 aliphatic rings. The van der Waals surface area contributed by atoms with E-state index < -0.39 is 24.5 Å². The maximum Gasteiger partial charge on any atom is 0.264 e. The Kier molecular flexibility index (Phi) is 4.50. The summed E-state index contributed by atoms with van der Waals surface area (Å²) in [6.07, 6.45) is 2.87. The van der Waals surface area contributed by atoms with Crippen LogP contribution >= 0.6 is 19.0 Å². The topological polar surface area (TPSA) is 74.7 Å². The molecule has 7 heteroatoms. The maximum absolute atomic E-state index is 13.8. The third-order valence-electron chi connectivity index (χ3n) is 5.60. The van der Waals surface area contributed by atoms with E-state index in [9.17, 15) is 19.0 Å². The van der Waals surface area contributed by atoms with E-state index >= 15 is 0 Å². The van der Waals surface area contributed by atoms with E-state index in [-0.39, 0.29) is 21.5 Å². The van der Waals surface area contributed by atoms with Gasteiger partial charge in [-0.2, -0.15) is 0 Å². The molecule has 1 N–H and O–H groups in total. The van der Waals surface area contributed by atoms with Gasteiger partial charge in [-0.05, 0) is 37.1 Å². The Morgan fingerprint density at radius 3 is 2.22 bits per heavy atom. The molecule has 1 aliphatic carbocycles. The second-order valence-electron chi connectivity index (χ2n) is 7.06. The zero-order chi connectivity index (χ0) is 19.2. The van der Waals surface area contributed by atoms with Crippen LogP contribution in [0.2, 0.25) is 5.02 Å². The number of carbonyl (C=O) groups excluding carboxylic acids is 2. The van der Waals surface area contributed by atoms with Crippen LogP contribution in [-0.2, 0) is 4.57 Å². The highest BCUT2D eigenvalue weighted by Gasteiger charge is 2.59. The molecule has 27 heavy (non-hydrogen) atoms. The van der Waals surface area contributed by atoms with Gasteiger partial charge < -0.3 is 4.89 Å². The van der Waals surface area contributed by atoms with Crippen LogP contribution in [0.1, 0.15) is 52.8 Å². The summed E-state index contributed by atoms with van der Waals surface area (Å²) >= 11 is 6.18. The molecule has 0 radical (unpaired) electrons. The van der Waals surface area contributed by atoms with Crippen LogP contribution in [-0.4, -0.2) is 26.9 Å². The third-order valence-corrected chi connectivity index (χ3v) is 8.69. The number of halogens is 1. The van der Waals surface area contributed by atoms with Gasteiger partial charge in [0.25, 0.3) is 19.2 Å². The molecule has 140 valence electrons. The van der Waals surface area contributed by atoms with E-state index in [1.54, 1.807) is 48.5 Å². The van der Waals surface area contributed by atoms with Crippen LogP contribution in [0.4, 0.5) is 0 Å². The summed E-state index contributed by atoms with van der Waals surface area (Å²) in [6.45, 7) is 0. The van der Waals surface area contributed by atoms with Gasteiger partial charge in [0.05, 0.1) is 16.1 Å². The largest absolute Gasteiger partial charge is 0.339 e. The molecule has 1 atom stereocenters. The Labute approximate surface area is 162 Å². The molecule has 1 saturated carbocycles. The van der Waals surface area contributed by atoms with Crippen LogP contribution < -0.4 is 5.30 Å². The van der Waals surface area contributed by atoms with Gasteiger partial charge in [0, 0.05) is 5.30 Å². The molecule has 0 saturated heterocycles. The summed E-state index contributed by atoms with van der Waals surface area (Å²) < 4.78 is 13.8. The number of hydrogen-bond donors (Lipinski definition) is 1. The highest BCUT2D eigenvalue weighted by Crippen LogP contribution is 2.62. The first-order chi connectivity index (χ1) is 12.9. The van der Waals surface area contributed by atoms with Crippen molar-refractivity contribution in [1.29, 1.82) is 0 Å². The number of benzene rings is 2. The van der Waals surface area contributed by atoms with Crippen molar-refractivity contribution in [3.63, 3.8) is 0 Å². The summed E-state index contributed by atoms with van der Waals surface area (Å²) in [5, 5.41) is -0.996. The van der Waals surface area contributed by atoms with Gasteiger partial charge in [-0.1, -0.05) is 55.1 Å². The number of imide groups is 1. The number of amides is 2. The Morgan fingerprint density at radius 1 is 0.926 bits per heavy atom. The highest BCUT2D eigenvalue weighted by atomic mass is 35.5. The van der Waals surface area contributed by atoms with Gasteiger partial charge in [-0.15, -0.1) is 0 Å². The Bertz CT molecular complexity index is 969. The molecule has 1 fully saturated rings. The first-order valence-electron chi connectivity index (χ1n) is 8.96. The van der Waals surface area contributed by atoms with Crippen molar-refractivity contribution >= 4 is 36.1 Å². The lowest BCUT2D eigenvalue weighted by Crippen LogP contribution is -2.54. The molecule has 1 heterocycles. The average Bonchev–Trinajstić information content (AvgIpc) is 2.95. The van der Waals surface area contributed by atoms with Crippen molar-refractivity contribution in [2.75, 3.05) is 0 Å². The van der Waals surface area contributed by atoms with E-state index in [4.69, 9.17) is 11.6 Å². The normalized spacial score (nSPS) is 21.0. The van der Waals surface area contributed by atoms with Crippen LogP contribution in [0, 0.1) is 0 Å². The summed E-state index contributed by atoms with van der Waals surface area (Å²) in [4.78, 5) is 38.7. The lowest BCUT2D eigenvalue weighted by atomic mass is 9.93. The number of carbonyl (C=O) groups is 2. The highest BCUT2D eigenvalue weighted by molar-refractivity contribution is 7.67. The van der Waals surface area contributed by atoms with Crippen LogP contribution in [0.25, 0.3) is 0 Å². The van der Waals surface area contributed by atoms with Crippen LogP contribution in [0.5, 0.6) is 0 Å². The Morgan fingerprint density at radius 2 is 1.59 bits per heavy atom. The van der Waals surface area contributed by atoms with Crippen LogP contribution in [0.3, 0.4) is 0 Å². The summed E-state index contributed by atoms with van der Waals surface area (Å²) in [5.41, 5.74) is 0.327. The SMILES string of the molecule is O=C1c2cccc(Cl)c2C(=O)N1C1(P(=O)(O)c2ccccc2)CCCCC1. The van der Waals surface area contributed by atoms with E-state index in [1.807, 2.05) is 0 Å². The predicted octanol–water partition coefficient (Wildman–Crippen LogP) is 4.19. The first-order valence-corrected chi connectivity index (χ1v) is 11.0. The Hall–Kier alpha value is -1.94. The minimum atomic E-state index is -4.08. The quantitative estimate of drug-likeness (QED) is 0.616. The minimum absolute atomic E-state index is 0.127. The van der Waals surface area contributed by atoms with Gasteiger partial charge in [-0.25, -0.2) is 0 Å². The van der Waals surface area contributed by atoms with E-state index in [0.717, 1.165) is 11.3 Å².